The number of aryl methyl sites for hydroxylation is 2. The van der Waals surface area contributed by atoms with Crippen molar-refractivity contribution in [3.8, 4) is 0 Å². The lowest BCUT2D eigenvalue weighted by Crippen LogP contribution is -1.97. The average molecular weight is 277 g/mol. The number of hydrogen-bond donors (Lipinski definition) is 0. The predicted molar refractivity (Wildman–Crippen MR) is 72.7 cm³/mol. The summed E-state index contributed by atoms with van der Waals surface area (Å²) in [5.41, 5.74) is 0. The highest BCUT2D eigenvalue weighted by Crippen LogP contribution is 2.31. The number of hydrogen-bond acceptors (Lipinski definition) is 6. The topological polar surface area (TPSA) is 56.5 Å². The van der Waals surface area contributed by atoms with Gasteiger partial charge >= 0.3 is 0 Å². The van der Waals surface area contributed by atoms with Gasteiger partial charge in [-0.15, -0.1) is 11.3 Å². The zero-order valence-corrected chi connectivity index (χ0v) is 11.6. The SMILES string of the molecule is Cc1cc2c(SCc3ncnn3C)ncnc2s1. The van der Waals surface area contributed by atoms with Crippen LogP contribution in [0, 0.1) is 6.92 Å². The molecule has 18 heavy (non-hydrogen) atoms. The molecule has 5 nitrogen and oxygen atoms in total. The first-order valence-electron chi connectivity index (χ1n) is 5.41. The molecule has 0 aliphatic rings. The van der Waals surface area contributed by atoms with E-state index < -0.39 is 0 Å². The summed E-state index contributed by atoms with van der Waals surface area (Å²) >= 11 is 3.36. The van der Waals surface area contributed by atoms with Gasteiger partial charge in [0, 0.05) is 17.3 Å². The van der Waals surface area contributed by atoms with E-state index in [1.54, 1.807) is 40.4 Å². The van der Waals surface area contributed by atoms with Crippen LogP contribution in [0.2, 0.25) is 0 Å². The minimum atomic E-state index is 0.761. The van der Waals surface area contributed by atoms with Crippen molar-refractivity contribution in [2.24, 2.45) is 7.05 Å². The third-order valence-electron chi connectivity index (χ3n) is 2.56. The Labute approximate surface area is 112 Å². The summed E-state index contributed by atoms with van der Waals surface area (Å²) in [5, 5.41) is 6.20. The first-order valence-corrected chi connectivity index (χ1v) is 7.21. The molecule has 0 bridgehead atoms. The van der Waals surface area contributed by atoms with E-state index in [1.807, 2.05) is 7.05 Å². The van der Waals surface area contributed by atoms with Crippen molar-refractivity contribution in [2.75, 3.05) is 0 Å². The van der Waals surface area contributed by atoms with E-state index in [0.29, 0.717) is 0 Å². The maximum absolute atomic E-state index is 4.35. The number of aromatic nitrogens is 5. The maximum Gasteiger partial charge on any atom is 0.138 e. The van der Waals surface area contributed by atoms with Crippen LogP contribution in [-0.4, -0.2) is 24.7 Å². The molecule has 0 unspecified atom stereocenters. The lowest BCUT2D eigenvalue weighted by atomic mass is 10.4. The Bertz CT molecular complexity index is 688. The van der Waals surface area contributed by atoms with Crippen molar-refractivity contribution in [3.63, 3.8) is 0 Å². The fourth-order valence-electron chi connectivity index (χ4n) is 1.65. The standard InChI is InChI=1S/C11H11N5S2/c1-7-3-8-10(13-5-14-11(8)18-7)17-4-9-12-6-15-16(9)2/h3,5-6H,4H2,1-2H3. The van der Waals surface area contributed by atoms with Crippen molar-refractivity contribution >= 4 is 33.3 Å². The first-order chi connectivity index (χ1) is 8.74. The van der Waals surface area contributed by atoms with Crippen molar-refractivity contribution in [1.82, 2.24) is 24.7 Å². The molecule has 0 aromatic carbocycles. The highest BCUT2D eigenvalue weighted by Gasteiger charge is 2.09. The van der Waals surface area contributed by atoms with Gasteiger partial charge in [-0.05, 0) is 13.0 Å². The van der Waals surface area contributed by atoms with Crippen LogP contribution in [0.5, 0.6) is 0 Å². The molecule has 0 saturated carbocycles. The Morgan fingerprint density at radius 2 is 2.17 bits per heavy atom. The van der Waals surface area contributed by atoms with Crippen LogP contribution >= 0.6 is 23.1 Å². The summed E-state index contributed by atoms with van der Waals surface area (Å²) in [6.07, 6.45) is 3.19. The Morgan fingerprint density at radius 3 is 2.94 bits per heavy atom. The molecule has 3 aromatic rings. The second kappa shape index (κ2) is 4.66. The molecular weight excluding hydrogens is 266 g/mol. The molecular formula is C11H11N5S2. The molecule has 0 aliphatic carbocycles. The number of rotatable bonds is 3. The molecule has 3 aromatic heterocycles. The zero-order valence-electron chi connectivity index (χ0n) is 9.99. The summed E-state index contributed by atoms with van der Waals surface area (Å²) in [6.45, 7) is 2.09. The van der Waals surface area contributed by atoms with Gasteiger partial charge in [0.25, 0.3) is 0 Å². The lowest BCUT2D eigenvalue weighted by Gasteiger charge is -2.01. The van der Waals surface area contributed by atoms with Crippen molar-refractivity contribution in [3.05, 3.63) is 29.4 Å². The molecule has 3 heterocycles. The monoisotopic (exact) mass is 277 g/mol. The number of thiophene rings is 1. The molecule has 0 atom stereocenters. The van der Waals surface area contributed by atoms with Crippen LogP contribution in [-0.2, 0) is 12.8 Å². The molecule has 92 valence electrons. The van der Waals surface area contributed by atoms with Gasteiger partial charge in [0.05, 0.1) is 5.75 Å². The summed E-state index contributed by atoms with van der Waals surface area (Å²) < 4.78 is 1.78. The Balaban J connectivity index is 1.88. The molecule has 0 amide bonds. The fourth-order valence-corrected chi connectivity index (χ4v) is 3.52. The summed E-state index contributed by atoms with van der Waals surface area (Å²) in [7, 11) is 1.90. The van der Waals surface area contributed by atoms with Gasteiger partial charge in [0.15, 0.2) is 0 Å². The maximum atomic E-state index is 4.35. The quantitative estimate of drug-likeness (QED) is 0.543. The molecule has 0 N–H and O–H groups in total. The average Bonchev–Trinajstić information content (AvgIpc) is 2.91. The zero-order chi connectivity index (χ0) is 12.5. The molecule has 0 fully saturated rings. The van der Waals surface area contributed by atoms with E-state index >= 15 is 0 Å². The molecule has 7 heteroatoms. The third-order valence-corrected chi connectivity index (χ3v) is 4.52. The van der Waals surface area contributed by atoms with E-state index in [9.17, 15) is 0 Å². The van der Waals surface area contributed by atoms with Crippen molar-refractivity contribution in [1.29, 1.82) is 0 Å². The molecule has 0 spiro atoms. The second-order valence-electron chi connectivity index (χ2n) is 3.84. The highest BCUT2D eigenvalue weighted by molar-refractivity contribution is 7.98. The minimum absolute atomic E-state index is 0.761. The Kier molecular flexibility index (Phi) is 3.00. The van der Waals surface area contributed by atoms with Gasteiger partial charge < -0.3 is 0 Å². The van der Waals surface area contributed by atoms with Gasteiger partial charge in [-0.3, -0.25) is 4.68 Å². The fraction of sp³-hybridized carbons (Fsp3) is 0.273. The van der Waals surface area contributed by atoms with E-state index in [-0.39, 0.29) is 0 Å². The van der Waals surface area contributed by atoms with Gasteiger partial charge in [0.2, 0.25) is 0 Å². The van der Waals surface area contributed by atoms with Crippen LogP contribution in [0.15, 0.2) is 23.7 Å². The summed E-state index contributed by atoms with van der Waals surface area (Å²) in [5.74, 6) is 1.70. The highest BCUT2D eigenvalue weighted by atomic mass is 32.2. The first kappa shape index (κ1) is 11.6. The van der Waals surface area contributed by atoms with Gasteiger partial charge in [-0.2, -0.15) is 5.10 Å². The van der Waals surface area contributed by atoms with E-state index in [1.165, 1.54) is 4.88 Å². The second-order valence-corrected chi connectivity index (χ2v) is 6.04. The Morgan fingerprint density at radius 1 is 1.28 bits per heavy atom. The van der Waals surface area contributed by atoms with E-state index in [0.717, 1.165) is 26.8 Å². The Hall–Kier alpha value is -1.47. The molecule has 0 saturated heterocycles. The largest absolute Gasteiger partial charge is 0.252 e. The predicted octanol–water partition coefficient (Wildman–Crippen LogP) is 2.42. The molecule has 0 aliphatic heterocycles. The summed E-state index contributed by atoms with van der Waals surface area (Å²) in [4.78, 5) is 15.1. The normalized spacial score (nSPS) is 11.2. The van der Waals surface area contributed by atoms with E-state index in [4.69, 9.17) is 0 Å². The number of thioether (sulfide) groups is 1. The summed E-state index contributed by atoms with van der Waals surface area (Å²) in [6, 6.07) is 2.14. The van der Waals surface area contributed by atoms with Crippen LogP contribution < -0.4 is 0 Å². The number of fused-ring (bicyclic) bond motifs is 1. The van der Waals surface area contributed by atoms with Crippen molar-refractivity contribution < 1.29 is 0 Å². The van der Waals surface area contributed by atoms with Crippen LogP contribution in [0.4, 0.5) is 0 Å². The van der Waals surface area contributed by atoms with Gasteiger partial charge in [0.1, 0.15) is 28.3 Å². The molecule has 3 rings (SSSR count). The van der Waals surface area contributed by atoms with Crippen LogP contribution in [0.1, 0.15) is 10.7 Å². The van der Waals surface area contributed by atoms with E-state index in [2.05, 4.69) is 33.0 Å². The third kappa shape index (κ3) is 2.11. The number of nitrogens with zero attached hydrogens (tertiary/aromatic N) is 5. The van der Waals surface area contributed by atoms with Crippen molar-refractivity contribution in [2.45, 2.75) is 17.7 Å². The van der Waals surface area contributed by atoms with Crippen LogP contribution in [0.3, 0.4) is 0 Å². The molecule has 0 radical (unpaired) electrons. The smallest absolute Gasteiger partial charge is 0.138 e. The lowest BCUT2D eigenvalue weighted by molar-refractivity contribution is 0.730. The minimum Gasteiger partial charge on any atom is -0.252 e. The van der Waals surface area contributed by atoms with Gasteiger partial charge in [-0.1, -0.05) is 11.8 Å². The van der Waals surface area contributed by atoms with Gasteiger partial charge in [-0.25, -0.2) is 15.0 Å². The van der Waals surface area contributed by atoms with Crippen LogP contribution in [0.25, 0.3) is 10.2 Å².